The lowest BCUT2D eigenvalue weighted by Crippen LogP contribution is -2.36. The second-order valence-corrected chi connectivity index (χ2v) is 9.71. The number of urea groups is 1. The predicted octanol–water partition coefficient (Wildman–Crippen LogP) is 5.51. The normalized spacial score (nSPS) is 12.7. The van der Waals surface area contributed by atoms with Crippen LogP contribution < -0.4 is 15.0 Å². The Morgan fingerprint density at radius 2 is 1.80 bits per heavy atom. The highest BCUT2D eigenvalue weighted by Crippen LogP contribution is 2.24. The first kappa shape index (κ1) is 27.9. The van der Waals surface area contributed by atoms with Gasteiger partial charge < -0.3 is 24.3 Å². The summed E-state index contributed by atoms with van der Waals surface area (Å²) in [5.41, 5.74) is 1.83. The summed E-state index contributed by atoms with van der Waals surface area (Å²) >= 11 is 5.91. The van der Waals surface area contributed by atoms with Crippen molar-refractivity contribution >= 4 is 35.1 Å². The number of benzene rings is 3. The number of ether oxygens (including phenoxy) is 2. The average molecular weight is 579 g/mol. The van der Waals surface area contributed by atoms with E-state index < -0.39 is 17.9 Å². The highest BCUT2D eigenvalue weighted by Gasteiger charge is 2.26. The van der Waals surface area contributed by atoms with Crippen LogP contribution in [0.15, 0.2) is 72.8 Å². The van der Waals surface area contributed by atoms with Crippen LogP contribution in [0.4, 0.5) is 25.4 Å². The van der Waals surface area contributed by atoms with Crippen LogP contribution >= 0.6 is 11.6 Å². The average Bonchev–Trinajstić information content (AvgIpc) is 3.24. The molecule has 0 radical (unpaired) electrons. The lowest BCUT2D eigenvalue weighted by molar-refractivity contribution is 0.0968. The van der Waals surface area contributed by atoms with E-state index in [2.05, 4.69) is 15.5 Å². The van der Waals surface area contributed by atoms with Crippen molar-refractivity contribution < 1.29 is 23.5 Å². The first-order chi connectivity index (χ1) is 19.9. The van der Waals surface area contributed by atoms with E-state index in [1.165, 1.54) is 23.1 Å². The number of hydrogen-bond donors (Lipinski definition) is 1. The van der Waals surface area contributed by atoms with Crippen LogP contribution in [0.25, 0.3) is 0 Å². The monoisotopic (exact) mass is 578 g/mol. The highest BCUT2D eigenvalue weighted by molar-refractivity contribution is 6.31. The van der Waals surface area contributed by atoms with Gasteiger partial charge in [-0.3, -0.25) is 4.90 Å². The molecule has 3 aromatic carbocycles. The number of methoxy groups -OCH3 is 1. The third-order valence-corrected chi connectivity index (χ3v) is 6.96. The number of hydrogen-bond acceptors (Lipinski definition) is 6. The molecule has 0 saturated carbocycles. The first-order valence-electron chi connectivity index (χ1n) is 13.0. The number of carbonyl (C=O) groups excluding carboxylic acids is 2. The molecule has 41 heavy (non-hydrogen) atoms. The maximum absolute atomic E-state index is 13.7. The van der Waals surface area contributed by atoms with Crippen molar-refractivity contribution in [3.05, 3.63) is 101 Å². The zero-order valence-electron chi connectivity index (χ0n) is 22.3. The second kappa shape index (κ2) is 12.7. The van der Waals surface area contributed by atoms with Crippen molar-refractivity contribution in [2.45, 2.75) is 26.1 Å². The van der Waals surface area contributed by atoms with Gasteiger partial charge in [-0.1, -0.05) is 41.9 Å². The molecule has 212 valence electrons. The number of fused-ring (bicyclic) bond motifs is 1. The summed E-state index contributed by atoms with van der Waals surface area (Å²) in [5, 5.41) is 11.4. The van der Waals surface area contributed by atoms with E-state index in [0.29, 0.717) is 54.8 Å². The van der Waals surface area contributed by atoms with Gasteiger partial charge in [0.2, 0.25) is 0 Å². The largest absolute Gasteiger partial charge is 0.497 e. The summed E-state index contributed by atoms with van der Waals surface area (Å²) < 4.78 is 26.3. The number of aromatic nitrogens is 3. The molecule has 0 aliphatic carbocycles. The minimum Gasteiger partial charge on any atom is -0.497 e. The van der Waals surface area contributed by atoms with Crippen molar-refractivity contribution in [3.63, 3.8) is 0 Å². The Hall–Kier alpha value is -4.64. The topological polar surface area (TPSA) is 102 Å². The van der Waals surface area contributed by atoms with Gasteiger partial charge in [0, 0.05) is 37.4 Å². The van der Waals surface area contributed by atoms with Crippen LogP contribution in [0.1, 0.15) is 17.2 Å². The number of halogens is 2. The molecule has 12 heteroatoms. The van der Waals surface area contributed by atoms with Crippen LogP contribution in [0.3, 0.4) is 0 Å². The third kappa shape index (κ3) is 6.75. The number of carbonyl (C=O) groups is 2. The lowest BCUT2D eigenvalue weighted by Gasteiger charge is -2.24. The molecule has 2 heterocycles. The van der Waals surface area contributed by atoms with Crippen molar-refractivity contribution in [2.75, 3.05) is 30.4 Å². The van der Waals surface area contributed by atoms with E-state index in [0.717, 1.165) is 5.56 Å². The molecule has 0 atom stereocenters. The summed E-state index contributed by atoms with van der Waals surface area (Å²) in [4.78, 5) is 29.4. The summed E-state index contributed by atoms with van der Waals surface area (Å²) in [6.07, 6.45) is 0.0855. The molecule has 0 fully saturated rings. The van der Waals surface area contributed by atoms with Crippen LogP contribution in [-0.2, 0) is 30.9 Å². The van der Waals surface area contributed by atoms with Gasteiger partial charge in [-0.05, 0) is 48.0 Å². The number of amides is 3. The van der Waals surface area contributed by atoms with Crippen LogP contribution in [0.5, 0.6) is 5.75 Å². The summed E-state index contributed by atoms with van der Waals surface area (Å²) in [5.74, 6) is 1.30. The SMILES string of the molecule is COc1ccc(N(Cc2nnc3n2CCN(C(=O)OCc2ccccc2)CC3)C(=O)Nc2ccc(F)c(Cl)c2)cc1. The number of rotatable bonds is 7. The first-order valence-corrected chi connectivity index (χ1v) is 13.3. The molecule has 0 saturated heterocycles. The minimum atomic E-state index is -0.583. The smallest absolute Gasteiger partial charge is 0.410 e. The van der Waals surface area contributed by atoms with Gasteiger partial charge in [0.1, 0.15) is 24.0 Å². The Morgan fingerprint density at radius 3 is 2.54 bits per heavy atom. The van der Waals surface area contributed by atoms with Gasteiger partial charge in [-0.15, -0.1) is 10.2 Å². The van der Waals surface area contributed by atoms with Gasteiger partial charge >= 0.3 is 12.1 Å². The van der Waals surface area contributed by atoms with E-state index in [4.69, 9.17) is 21.1 Å². The van der Waals surface area contributed by atoms with Gasteiger partial charge in [0.15, 0.2) is 5.82 Å². The molecule has 4 aromatic rings. The van der Waals surface area contributed by atoms with Gasteiger partial charge in [0.05, 0.1) is 18.7 Å². The maximum atomic E-state index is 13.7. The molecular weight excluding hydrogens is 551 g/mol. The van der Waals surface area contributed by atoms with Crippen molar-refractivity contribution in [1.82, 2.24) is 19.7 Å². The molecule has 1 aromatic heterocycles. The fourth-order valence-electron chi connectivity index (χ4n) is 4.44. The van der Waals surface area contributed by atoms with Crippen molar-refractivity contribution in [1.29, 1.82) is 0 Å². The zero-order chi connectivity index (χ0) is 28.8. The third-order valence-electron chi connectivity index (χ3n) is 6.67. The van der Waals surface area contributed by atoms with Crippen LogP contribution in [0, 0.1) is 5.82 Å². The molecule has 1 N–H and O–H groups in total. The quantitative estimate of drug-likeness (QED) is 0.310. The summed E-state index contributed by atoms with van der Waals surface area (Å²) in [6.45, 7) is 1.54. The second-order valence-electron chi connectivity index (χ2n) is 9.30. The zero-order valence-corrected chi connectivity index (χ0v) is 23.1. The minimum absolute atomic E-state index is 0.0819. The molecule has 1 aliphatic heterocycles. The number of nitrogens with zero attached hydrogens (tertiary/aromatic N) is 5. The maximum Gasteiger partial charge on any atom is 0.410 e. The van der Waals surface area contributed by atoms with E-state index >= 15 is 0 Å². The lowest BCUT2D eigenvalue weighted by atomic mass is 10.2. The van der Waals surface area contributed by atoms with Gasteiger partial charge in [-0.2, -0.15) is 0 Å². The standard InChI is InChI=1S/C29H28ClFN6O4/c1-40-23-10-8-22(9-11-23)37(28(38)32-21-7-12-25(31)24(30)17-21)18-27-34-33-26-13-14-35(15-16-36(26)27)29(39)41-19-20-5-3-2-4-6-20/h2-12,17H,13-16,18-19H2,1H3,(H,32,38). The predicted molar refractivity (Wildman–Crippen MR) is 152 cm³/mol. The van der Waals surface area contributed by atoms with E-state index in [9.17, 15) is 14.0 Å². The molecule has 10 nitrogen and oxygen atoms in total. The fraction of sp³-hybridized carbons (Fsp3) is 0.241. The number of nitrogens with one attached hydrogen (secondary N) is 1. The van der Waals surface area contributed by atoms with Crippen molar-refractivity contribution in [2.24, 2.45) is 0 Å². The molecule has 5 rings (SSSR count). The van der Waals surface area contributed by atoms with Crippen LogP contribution in [-0.4, -0.2) is 52.0 Å². The molecular formula is C29H28ClFN6O4. The van der Waals surface area contributed by atoms with E-state index in [1.807, 2.05) is 34.9 Å². The molecule has 1 aliphatic rings. The molecule has 0 spiro atoms. The fourth-order valence-corrected chi connectivity index (χ4v) is 4.62. The highest BCUT2D eigenvalue weighted by atomic mass is 35.5. The summed E-state index contributed by atoms with van der Waals surface area (Å²) in [6, 6.07) is 20.0. The van der Waals surface area contributed by atoms with Gasteiger partial charge in [-0.25, -0.2) is 14.0 Å². The Morgan fingerprint density at radius 1 is 1.02 bits per heavy atom. The Labute approximate surface area is 241 Å². The Bertz CT molecular complexity index is 1520. The Balaban J connectivity index is 1.31. The van der Waals surface area contributed by atoms with Gasteiger partial charge in [0.25, 0.3) is 0 Å². The Kier molecular flexibility index (Phi) is 8.64. The van der Waals surface area contributed by atoms with Crippen molar-refractivity contribution in [3.8, 4) is 5.75 Å². The van der Waals surface area contributed by atoms with E-state index in [1.54, 1.807) is 36.3 Å². The van der Waals surface area contributed by atoms with E-state index in [-0.39, 0.29) is 18.2 Å². The molecule has 3 amide bonds. The summed E-state index contributed by atoms with van der Waals surface area (Å²) in [7, 11) is 1.56. The van der Waals surface area contributed by atoms with Crippen LogP contribution in [0.2, 0.25) is 5.02 Å². The number of anilines is 2. The molecule has 0 bridgehead atoms. The molecule has 0 unspecified atom stereocenters.